The maximum Gasteiger partial charge on any atom is 0.241 e. The maximum atomic E-state index is 12.5. The van der Waals surface area contributed by atoms with Crippen molar-refractivity contribution in [2.24, 2.45) is 0 Å². The van der Waals surface area contributed by atoms with E-state index >= 15 is 0 Å². The van der Waals surface area contributed by atoms with Crippen LogP contribution in [0.5, 0.6) is 0 Å². The molecule has 0 aliphatic rings. The standard InChI is InChI=1S/C15H22F2O/c1-3-5-6-12-7-9-13(10-8-12)15(18,4-2)11-14(16)17/h7-10,14,18H,3-6,11H2,1-2H3. The molecule has 0 aromatic heterocycles. The minimum atomic E-state index is -2.49. The molecule has 1 nitrogen and oxygen atoms in total. The first kappa shape index (κ1) is 15.1. The summed E-state index contributed by atoms with van der Waals surface area (Å²) in [7, 11) is 0. The molecule has 0 saturated carbocycles. The van der Waals surface area contributed by atoms with Gasteiger partial charge in [-0.05, 0) is 30.4 Å². The van der Waals surface area contributed by atoms with Crippen LogP contribution in [0.25, 0.3) is 0 Å². The molecule has 0 amide bonds. The summed E-state index contributed by atoms with van der Waals surface area (Å²) < 4.78 is 25.0. The Bertz CT molecular complexity index is 348. The van der Waals surface area contributed by atoms with Gasteiger partial charge in [-0.15, -0.1) is 0 Å². The SMILES string of the molecule is CCCCc1ccc(C(O)(CC)CC(F)F)cc1. The van der Waals surface area contributed by atoms with Gasteiger partial charge in [-0.25, -0.2) is 8.78 Å². The van der Waals surface area contributed by atoms with Crippen LogP contribution in [-0.2, 0) is 12.0 Å². The molecule has 1 N–H and O–H groups in total. The number of aliphatic hydroxyl groups is 1. The Morgan fingerprint density at radius 3 is 2.22 bits per heavy atom. The van der Waals surface area contributed by atoms with Crippen LogP contribution in [0.3, 0.4) is 0 Å². The van der Waals surface area contributed by atoms with Crippen molar-refractivity contribution in [2.75, 3.05) is 0 Å². The summed E-state index contributed by atoms with van der Waals surface area (Å²) in [6.07, 6.45) is 0.551. The van der Waals surface area contributed by atoms with Gasteiger partial charge in [-0.2, -0.15) is 0 Å². The van der Waals surface area contributed by atoms with Crippen molar-refractivity contribution in [1.29, 1.82) is 0 Å². The van der Waals surface area contributed by atoms with Crippen molar-refractivity contribution < 1.29 is 13.9 Å². The van der Waals surface area contributed by atoms with Crippen molar-refractivity contribution in [3.05, 3.63) is 35.4 Å². The van der Waals surface area contributed by atoms with Gasteiger partial charge in [-0.1, -0.05) is 44.5 Å². The van der Waals surface area contributed by atoms with Gasteiger partial charge in [0.1, 0.15) is 0 Å². The highest BCUT2D eigenvalue weighted by Crippen LogP contribution is 2.31. The molecule has 0 heterocycles. The molecule has 1 unspecified atom stereocenters. The van der Waals surface area contributed by atoms with Crippen LogP contribution in [0.15, 0.2) is 24.3 Å². The number of hydrogen-bond acceptors (Lipinski definition) is 1. The fraction of sp³-hybridized carbons (Fsp3) is 0.600. The third-order valence-electron chi connectivity index (χ3n) is 3.39. The number of benzene rings is 1. The van der Waals surface area contributed by atoms with Crippen LogP contribution in [0.1, 0.15) is 50.7 Å². The third kappa shape index (κ3) is 4.05. The van der Waals surface area contributed by atoms with Gasteiger partial charge in [0.25, 0.3) is 0 Å². The van der Waals surface area contributed by atoms with E-state index in [-0.39, 0.29) is 0 Å². The molecule has 18 heavy (non-hydrogen) atoms. The van der Waals surface area contributed by atoms with Crippen LogP contribution in [0.2, 0.25) is 0 Å². The van der Waals surface area contributed by atoms with Gasteiger partial charge in [0.15, 0.2) is 0 Å². The van der Waals surface area contributed by atoms with Gasteiger partial charge in [0.05, 0.1) is 5.60 Å². The average molecular weight is 256 g/mol. The molecule has 3 heteroatoms. The van der Waals surface area contributed by atoms with E-state index in [1.807, 2.05) is 12.1 Å². The number of halogens is 2. The highest BCUT2D eigenvalue weighted by molar-refractivity contribution is 5.27. The fourth-order valence-electron chi connectivity index (χ4n) is 2.08. The summed E-state index contributed by atoms with van der Waals surface area (Å²) in [6.45, 7) is 3.86. The lowest BCUT2D eigenvalue weighted by atomic mass is 9.87. The number of aryl methyl sites for hydroxylation is 1. The van der Waals surface area contributed by atoms with E-state index < -0.39 is 18.4 Å². The average Bonchev–Trinajstić information content (AvgIpc) is 2.36. The van der Waals surface area contributed by atoms with E-state index in [2.05, 4.69) is 6.92 Å². The molecule has 0 saturated heterocycles. The first-order valence-electron chi connectivity index (χ1n) is 6.61. The number of rotatable bonds is 7. The molecular formula is C15H22F2O. The first-order chi connectivity index (χ1) is 8.51. The lowest BCUT2D eigenvalue weighted by molar-refractivity contribution is -0.0295. The maximum absolute atomic E-state index is 12.5. The summed E-state index contributed by atoms with van der Waals surface area (Å²) in [5.74, 6) is 0. The van der Waals surface area contributed by atoms with Gasteiger partial charge >= 0.3 is 0 Å². The smallest absolute Gasteiger partial charge is 0.241 e. The Labute approximate surface area is 108 Å². The van der Waals surface area contributed by atoms with E-state index in [4.69, 9.17) is 0 Å². The predicted octanol–water partition coefficient (Wildman–Crippen LogP) is 4.28. The minimum absolute atomic E-state index is 0.297. The zero-order valence-corrected chi connectivity index (χ0v) is 11.1. The molecule has 1 rings (SSSR count). The normalized spacial score (nSPS) is 14.8. The number of unbranched alkanes of at least 4 members (excludes halogenated alkanes) is 1. The predicted molar refractivity (Wildman–Crippen MR) is 69.9 cm³/mol. The van der Waals surface area contributed by atoms with Crippen LogP contribution in [0, 0.1) is 0 Å². The van der Waals surface area contributed by atoms with Gasteiger partial charge in [0.2, 0.25) is 6.43 Å². The Balaban J connectivity index is 2.81. The van der Waals surface area contributed by atoms with Crippen LogP contribution in [-0.4, -0.2) is 11.5 Å². The quantitative estimate of drug-likeness (QED) is 0.772. The van der Waals surface area contributed by atoms with E-state index in [1.165, 1.54) is 5.56 Å². The topological polar surface area (TPSA) is 20.2 Å². The number of hydrogen-bond donors (Lipinski definition) is 1. The highest BCUT2D eigenvalue weighted by atomic mass is 19.3. The molecule has 102 valence electrons. The van der Waals surface area contributed by atoms with E-state index in [9.17, 15) is 13.9 Å². The first-order valence-corrected chi connectivity index (χ1v) is 6.61. The molecule has 1 atom stereocenters. The van der Waals surface area contributed by atoms with E-state index in [0.717, 1.165) is 19.3 Å². The zero-order chi connectivity index (χ0) is 13.6. The molecule has 1 aromatic carbocycles. The Morgan fingerprint density at radius 1 is 1.17 bits per heavy atom. The van der Waals surface area contributed by atoms with E-state index in [1.54, 1.807) is 19.1 Å². The van der Waals surface area contributed by atoms with Crippen molar-refractivity contribution >= 4 is 0 Å². The lowest BCUT2D eigenvalue weighted by Crippen LogP contribution is -2.27. The van der Waals surface area contributed by atoms with Crippen molar-refractivity contribution in [3.8, 4) is 0 Å². The monoisotopic (exact) mass is 256 g/mol. The molecule has 1 aromatic rings. The largest absolute Gasteiger partial charge is 0.385 e. The minimum Gasteiger partial charge on any atom is -0.385 e. The second-order valence-corrected chi connectivity index (χ2v) is 4.78. The summed E-state index contributed by atoms with van der Waals surface area (Å²) in [5, 5.41) is 10.2. The van der Waals surface area contributed by atoms with Crippen molar-refractivity contribution in [1.82, 2.24) is 0 Å². The fourth-order valence-corrected chi connectivity index (χ4v) is 2.08. The summed E-state index contributed by atoms with van der Waals surface area (Å²) in [5.41, 5.74) is 0.374. The molecule has 0 radical (unpaired) electrons. The van der Waals surface area contributed by atoms with Gasteiger partial charge in [0, 0.05) is 6.42 Å². The summed E-state index contributed by atoms with van der Waals surface area (Å²) >= 11 is 0. The van der Waals surface area contributed by atoms with Gasteiger partial charge in [-0.3, -0.25) is 0 Å². The molecule has 0 fully saturated rings. The zero-order valence-electron chi connectivity index (χ0n) is 11.1. The highest BCUT2D eigenvalue weighted by Gasteiger charge is 2.30. The van der Waals surface area contributed by atoms with Crippen LogP contribution >= 0.6 is 0 Å². The summed E-state index contributed by atoms with van der Waals surface area (Å²) in [4.78, 5) is 0. The van der Waals surface area contributed by atoms with Crippen LogP contribution < -0.4 is 0 Å². The Kier molecular flexibility index (Phi) is 5.73. The Hall–Kier alpha value is -0.960. The molecule has 0 aliphatic carbocycles. The lowest BCUT2D eigenvalue weighted by Gasteiger charge is -2.27. The number of alkyl halides is 2. The van der Waals surface area contributed by atoms with Crippen molar-refractivity contribution in [2.45, 2.75) is 58.0 Å². The second-order valence-electron chi connectivity index (χ2n) is 4.78. The summed E-state index contributed by atoms with van der Waals surface area (Å²) in [6, 6.07) is 7.40. The second kappa shape index (κ2) is 6.83. The molecule has 0 spiro atoms. The molecule has 0 aliphatic heterocycles. The Morgan fingerprint density at radius 2 is 1.78 bits per heavy atom. The third-order valence-corrected chi connectivity index (χ3v) is 3.39. The molecular weight excluding hydrogens is 234 g/mol. The van der Waals surface area contributed by atoms with Crippen LogP contribution in [0.4, 0.5) is 8.78 Å². The molecule has 0 bridgehead atoms. The van der Waals surface area contributed by atoms with Gasteiger partial charge < -0.3 is 5.11 Å². The van der Waals surface area contributed by atoms with E-state index in [0.29, 0.717) is 12.0 Å². The van der Waals surface area contributed by atoms with Crippen molar-refractivity contribution in [3.63, 3.8) is 0 Å².